The van der Waals surface area contributed by atoms with Crippen LogP contribution in [0.5, 0.6) is 0 Å². The third-order valence-corrected chi connectivity index (χ3v) is 3.14. The smallest absolute Gasteiger partial charge is 0.238 e. The maximum atomic E-state index is 11.8. The van der Waals surface area contributed by atoms with Crippen molar-refractivity contribution in [2.75, 3.05) is 0 Å². The summed E-state index contributed by atoms with van der Waals surface area (Å²) < 4.78 is 2.00. The number of aromatic nitrogens is 3. The SMILES string of the molecule is CC(NC(=O)C(N)CC(N)=O)c1nnc2n1CCC2. The minimum atomic E-state index is -0.930. The lowest BCUT2D eigenvalue weighted by Gasteiger charge is -2.16. The summed E-state index contributed by atoms with van der Waals surface area (Å²) in [5.41, 5.74) is 10.6. The standard InChI is InChI=1S/C11H18N6O2/c1-6(14-11(19)7(12)5-8(13)18)10-16-15-9-3-2-4-17(9)10/h6-7H,2-5,12H2,1H3,(H2,13,18)(H,14,19). The monoisotopic (exact) mass is 266 g/mol. The molecule has 1 aliphatic heterocycles. The number of aryl methyl sites for hydroxylation is 1. The minimum absolute atomic E-state index is 0.170. The van der Waals surface area contributed by atoms with Crippen LogP contribution in [-0.2, 0) is 22.6 Å². The number of nitrogens with zero attached hydrogens (tertiary/aromatic N) is 3. The molecule has 0 saturated carbocycles. The Hall–Kier alpha value is -1.96. The summed E-state index contributed by atoms with van der Waals surface area (Å²) >= 11 is 0. The zero-order chi connectivity index (χ0) is 14.0. The quantitative estimate of drug-likeness (QED) is 0.604. The Morgan fingerprint density at radius 2 is 2.21 bits per heavy atom. The van der Waals surface area contributed by atoms with E-state index in [-0.39, 0.29) is 12.5 Å². The van der Waals surface area contributed by atoms with E-state index in [1.54, 1.807) is 0 Å². The van der Waals surface area contributed by atoms with Gasteiger partial charge in [-0.3, -0.25) is 9.59 Å². The Morgan fingerprint density at radius 1 is 1.47 bits per heavy atom. The van der Waals surface area contributed by atoms with Gasteiger partial charge in [-0.05, 0) is 13.3 Å². The van der Waals surface area contributed by atoms with E-state index in [4.69, 9.17) is 11.5 Å². The molecule has 2 amide bonds. The van der Waals surface area contributed by atoms with Crippen molar-refractivity contribution in [1.29, 1.82) is 0 Å². The van der Waals surface area contributed by atoms with Crippen molar-refractivity contribution in [3.63, 3.8) is 0 Å². The van der Waals surface area contributed by atoms with E-state index in [1.807, 2.05) is 11.5 Å². The number of rotatable bonds is 5. The molecule has 8 nitrogen and oxygen atoms in total. The second kappa shape index (κ2) is 5.35. The lowest BCUT2D eigenvalue weighted by atomic mass is 10.2. The van der Waals surface area contributed by atoms with Gasteiger partial charge in [0.2, 0.25) is 11.8 Å². The molecule has 2 heterocycles. The van der Waals surface area contributed by atoms with Crippen molar-refractivity contribution in [1.82, 2.24) is 20.1 Å². The second-order valence-corrected chi connectivity index (χ2v) is 4.74. The van der Waals surface area contributed by atoms with Crippen molar-refractivity contribution in [2.24, 2.45) is 11.5 Å². The topological polar surface area (TPSA) is 129 Å². The first-order valence-electron chi connectivity index (χ1n) is 6.25. The summed E-state index contributed by atoms with van der Waals surface area (Å²) in [6, 6.07) is -1.23. The molecule has 2 rings (SSSR count). The van der Waals surface area contributed by atoms with Crippen LogP contribution in [0.1, 0.15) is 37.5 Å². The van der Waals surface area contributed by atoms with Crippen LogP contribution in [0.2, 0.25) is 0 Å². The van der Waals surface area contributed by atoms with Gasteiger partial charge in [-0.1, -0.05) is 0 Å². The summed E-state index contributed by atoms with van der Waals surface area (Å²) in [6.45, 7) is 2.68. The van der Waals surface area contributed by atoms with Gasteiger partial charge >= 0.3 is 0 Å². The zero-order valence-corrected chi connectivity index (χ0v) is 10.8. The lowest BCUT2D eigenvalue weighted by Crippen LogP contribution is -2.44. The highest BCUT2D eigenvalue weighted by atomic mass is 16.2. The molecule has 0 radical (unpaired) electrons. The largest absolute Gasteiger partial charge is 0.370 e. The van der Waals surface area contributed by atoms with Gasteiger partial charge in [0.25, 0.3) is 0 Å². The van der Waals surface area contributed by atoms with Gasteiger partial charge in [0.1, 0.15) is 5.82 Å². The second-order valence-electron chi connectivity index (χ2n) is 4.74. The predicted octanol–water partition coefficient (Wildman–Crippen LogP) is -1.40. The summed E-state index contributed by atoms with van der Waals surface area (Å²) in [5, 5.41) is 10.9. The normalized spacial score (nSPS) is 16.7. The summed E-state index contributed by atoms with van der Waals surface area (Å²) in [5.74, 6) is 0.643. The number of carbonyl (C=O) groups excluding carboxylic acids is 2. The fourth-order valence-corrected chi connectivity index (χ4v) is 2.19. The van der Waals surface area contributed by atoms with Crippen LogP contribution >= 0.6 is 0 Å². The van der Waals surface area contributed by atoms with Crippen LogP contribution in [0, 0.1) is 0 Å². The van der Waals surface area contributed by atoms with E-state index in [0.717, 1.165) is 25.2 Å². The highest BCUT2D eigenvalue weighted by Crippen LogP contribution is 2.18. The molecule has 104 valence electrons. The third kappa shape index (κ3) is 2.90. The molecule has 2 atom stereocenters. The Morgan fingerprint density at radius 3 is 2.89 bits per heavy atom. The summed E-state index contributed by atoms with van der Waals surface area (Å²) in [4.78, 5) is 22.5. The van der Waals surface area contributed by atoms with Gasteiger partial charge in [0, 0.05) is 13.0 Å². The molecular formula is C11H18N6O2. The van der Waals surface area contributed by atoms with Crippen molar-refractivity contribution in [3.8, 4) is 0 Å². The molecule has 0 bridgehead atoms. The molecule has 1 aromatic heterocycles. The number of carbonyl (C=O) groups is 2. The molecule has 0 spiro atoms. The molecule has 0 aliphatic carbocycles. The fraction of sp³-hybridized carbons (Fsp3) is 0.636. The third-order valence-electron chi connectivity index (χ3n) is 3.14. The number of hydrogen-bond donors (Lipinski definition) is 3. The van der Waals surface area contributed by atoms with Crippen LogP contribution < -0.4 is 16.8 Å². The van der Waals surface area contributed by atoms with Crippen molar-refractivity contribution >= 4 is 11.8 Å². The van der Waals surface area contributed by atoms with Gasteiger partial charge in [-0.25, -0.2) is 0 Å². The van der Waals surface area contributed by atoms with Crippen LogP contribution in [0.15, 0.2) is 0 Å². The van der Waals surface area contributed by atoms with E-state index >= 15 is 0 Å². The van der Waals surface area contributed by atoms with Gasteiger partial charge in [-0.15, -0.1) is 10.2 Å². The lowest BCUT2D eigenvalue weighted by molar-refractivity contribution is -0.126. The molecule has 8 heteroatoms. The van der Waals surface area contributed by atoms with Crippen molar-refractivity contribution in [2.45, 2.75) is 44.8 Å². The maximum absolute atomic E-state index is 11.8. The fourth-order valence-electron chi connectivity index (χ4n) is 2.19. The van der Waals surface area contributed by atoms with Crippen molar-refractivity contribution in [3.05, 3.63) is 11.6 Å². The van der Waals surface area contributed by atoms with Crippen LogP contribution in [0.4, 0.5) is 0 Å². The number of amides is 2. The molecule has 0 fully saturated rings. The molecule has 2 unspecified atom stereocenters. The Labute approximate surface area is 110 Å². The molecular weight excluding hydrogens is 248 g/mol. The minimum Gasteiger partial charge on any atom is -0.370 e. The average molecular weight is 266 g/mol. The van der Waals surface area contributed by atoms with E-state index in [2.05, 4.69) is 15.5 Å². The number of hydrogen-bond acceptors (Lipinski definition) is 5. The molecule has 0 aromatic carbocycles. The predicted molar refractivity (Wildman–Crippen MR) is 66.7 cm³/mol. The van der Waals surface area contributed by atoms with E-state index < -0.39 is 17.9 Å². The molecule has 19 heavy (non-hydrogen) atoms. The summed E-state index contributed by atoms with van der Waals surface area (Å²) in [7, 11) is 0. The van der Waals surface area contributed by atoms with Gasteiger partial charge in [0.05, 0.1) is 18.5 Å². The molecule has 1 aromatic rings. The van der Waals surface area contributed by atoms with Gasteiger partial charge in [0.15, 0.2) is 5.82 Å². The van der Waals surface area contributed by atoms with Gasteiger partial charge < -0.3 is 21.4 Å². The van der Waals surface area contributed by atoms with Crippen LogP contribution in [-0.4, -0.2) is 32.6 Å². The highest BCUT2D eigenvalue weighted by molar-refractivity contribution is 5.87. The summed E-state index contributed by atoms with van der Waals surface area (Å²) in [6.07, 6.45) is 1.78. The average Bonchev–Trinajstić information content (AvgIpc) is 2.88. The van der Waals surface area contributed by atoms with Crippen LogP contribution in [0.3, 0.4) is 0 Å². The number of primary amides is 1. The molecule has 0 saturated heterocycles. The van der Waals surface area contributed by atoms with Crippen molar-refractivity contribution < 1.29 is 9.59 Å². The first-order chi connectivity index (χ1) is 8.99. The number of fused-ring (bicyclic) bond motifs is 1. The first-order valence-corrected chi connectivity index (χ1v) is 6.25. The zero-order valence-electron chi connectivity index (χ0n) is 10.8. The Kier molecular flexibility index (Phi) is 3.79. The van der Waals surface area contributed by atoms with E-state index in [0.29, 0.717) is 5.82 Å². The number of nitrogens with two attached hydrogens (primary N) is 2. The van der Waals surface area contributed by atoms with Gasteiger partial charge in [-0.2, -0.15) is 0 Å². The Bertz CT molecular complexity index is 497. The highest BCUT2D eigenvalue weighted by Gasteiger charge is 2.24. The molecule has 5 N–H and O–H groups in total. The maximum Gasteiger partial charge on any atom is 0.238 e. The van der Waals surface area contributed by atoms with E-state index in [9.17, 15) is 9.59 Å². The van der Waals surface area contributed by atoms with E-state index in [1.165, 1.54) is 0 Å². The molecule has 1 aliphatic rings. The Balaban J connectivity index is 1.99. The van der Waals surface area contributed by atoms with Crippen LogP contribution in [0.25, 0.3) is 0 Å². The number of nitrogens with one attached hydrogen (secondary N) is 1. The first kappa shape index (κ1) is 13.5.